The van der Waals surface area contributed by atoms with Crippen LogP contribution in [0.4, 0.5) is 17.3 Å². The molecule has 0 amide bonds. The number of nitrogens with one attached hydrogen (secondary N) is 2. The molecule has 1 unspecified atom stereocenters. The lowest BCUT2D eigenvalue weighted by Gasteiger charge is -2.08. The van der Waals surface area contributed by atoms with Gasteiger partial charge in [-0.25, -0.2) is 4.98 Å². The van der Waals surface area contributed by atoms with Crippen molar-refractivity contribution >= 4 is 28.1 Å². The molecule has 7 nitrogen and oxygen atoms in total. The van der Waals surface area contributed by atoms with Crippen LogP contribution in [0.15, 0.2) is 12.1 Å². The molecule has 2 N–H and O–H groups in total. The lowest BCUT2D eigenvalue weighted by molar-refractivity contribution is -0.384. The number of rotatable bonds is 7. The van der Waals surface area contributed by atoms with Crippen LogP contribution in [0.5, 0.6) is 0 Å². The van der Waals surface area contributed by atoms with Crippen molar-refractivity contribution in [2.75, 3.05) is 35.7 Å². The molecule has 0 radical (unpaired) electrons. The van der Waals surface area contributed by atoms with Gasteiger partial charge in [-0.3, -0.25) is 14.3 Å². The largest absolute Gasteiger partial charge is 0.370 e. The van der Waals surface area contributed by atoms with E-state index in [9.17, 15) is 14.3 Å². The summed E-state index contributed by atoms with van der Waals surface area (Å²) in [5.41, 5.74) is -0.0847. The predicted octanol–water partition coefficient (Wildman–Crippen LogP) is 1.21. The Hall–Kier alpha value is -1.70. The van der Waals surface area contributed by atoms with Crippen molar-refractivity contribution in [2.45, 2.75) is 6.92 Å². The van der Waals surface area contributed by atoms with Gasteiger partial charge >= 0.3 is 5.69 Å². The van der Waals surface area contributed by atoms with E-state index in [0.717, 1.165) is 0 Å². The highest BCUT2D eigenvalue weighted by Gasteiger charge is 2.15. The molecule has 8 heteroatoms. The Kier molecular flexibility index (Phi) is 5.50. The fraction of sp³-hybridized carbons (Fsp3) is 0.500. The summed E-state index contributed by atoms with van der Waals surface area (Å²) in [5, 5.41) is 16.7. The van der Waals surface area contributed by atoms with Crippen molar-refractivity contribution in [3.05, 3.63) is 22.2 Å². The molecule has 0 saturated carbocycles. The van der Waals surface area contributed by atoms with Crippen LogP contribution in [0.3, 0.4) is 0 Å². The second-order valence-electron chi connectivity index (χ2n) is 3.56. The van der Waals surface area contributed by atoms with E-state index >= 15 is 0 Å². The average molecular weight is 272 g/mol. The summed E-state index contributed by atoms with van der Waals surface area (Å²) < 4.78 is 10.9. The van der Waals surface area contributed by atoms with Crippen molar-refractivity contribution in [1.82, 2.24) is 4.98 Å². The first kappa shape index (κ1) is 14.4. The molecule has 0 aliphatic carbocycles. The Balaban J connectivity index is 2.85. The van der Waals surface area contributed by atoms with Crippen LogP contribution in [0.25, 0.3) is 0 Å². The lowest BCUT2D eigenvalue weighted by Crippen LogP contribution is -2.13. The Morgan fingerprint density at radius 3 is 2.72 bits per heavy atom. The van der Waals surface area contributed by atoms with Gasteiger partial charge in [0, 0.05) is 42.0 Å². The van der Waals surface area contributed by atoms with Crippen LogP contribution in [0.1, 0.15) is 6.92 Å². The maximum atomic E-state index is 10.9. The summed E-state index contributed by atoms with van der Waals surface area (Å²) in [6.07, 6.45) is 1.58. The third kappa shape index (κ3) is 4.28. The second kappa shape index (κ2) is 6.90. The van der Waals surface area contributed by atoms with Crippen LogP contribution in [0, 0.1) is 10.1 Å². The maximum absolute atomic E-state index is 10.9. The normalized spacial score (nSPS) is 11.9. The van der Waals surface area contributed by atoms with Gasteiger partial charge in [0.05, 0.1) is 4.92 Å². The minimum Gasteiger partial charge on any atom is -0.370 e. The topological polar surface area (TPSA) is 97.2 Å². The van der Waals surface area contributed by atoms with Gasteiger partial charge in [-0.15, -0.1) is 0 Å². The molecule has 1 rings (SSSR count). The zero-order valence-corrected chi connectivity index (χ0v) is 11.1. The number of hydrogen-bond donors (Lipinski definition) is 2. The van der Waals surface area contributed by atoms with Gasteiger partial charge in [-0.05, 0) is 13.0 Å². The van der Waals surface area contributed by atoms with Crippen LogP contribution in [-0.4, -0.2) is 39.2 Å². The van der Waals surface area contributed by atoms with Crippen molar-refractivity contribution in [2.24, 2.45) is 0 Å². The van der Waals surface area contributed by atoms with Crippen LogP contribution in [-0.2, 0) is 10.8 Å². The predicted molar refractivity (Wildman–Crippen MR) is 72.5 cm³/mol. The summed E-state index contributed by atoms with van der Waals surface area (Å²) in [5.74, 6) is 1.19. The molecule has 0 bridgehead atoms. The van der Waals surface area contributed by atoms with Crippen molar-refractivity contribution in [3.63, 3.8) is 0 Å². The average Bonchev–Trinajstić information content (AvgIpc) is 2.29. The first-order valence-corrected chi connectivity index (χ1v) is 7.20. The highest BCUT2D eigenvalue weighted by molar-refractivity contribution is 7.84. The maximum Gasteiger partial charge on any atom is 0.311 e. The standard InChI is InChI=1S/C10H16N4O3S/c1-3-11-9-5-4-8(14(15)16)10(13-9)12-6-7-18(2)17/h4-5H,3,6-7H2,1-2H3,(H2,11,12,13). The minimum atomic E-state index is -0.941. The van der Waals surface area contributed by atoms with Gasteiger partial charge in [0.1, 0.15) is 5.82 Å². The molecule has 0 spiro atoms. The number of anilines is 2. The number of nitrogens with zero attached hydrogens (tertiary/aromatic N) is 2. The molecule has 0 aromatic carbocycles. The van der Waals surface area contributed by atoms with Crippen molar-refractivity contribution < 1.29 is 9.13 Å². The van der Waals surface area contributed by atoms with E-state index in [2.05, 4.69) is 15.6 Å². The number of nitro groups is 1. The van der Waals surface area contributed by atoms with Gasteiger partial charge in [0.2, 0.25) is 5.82 Å². The zero-order chi connectivity index (χ0) is 13.5. The summed E-state index contributed by atoms with van der Waals surface area (Å²) >= 11 is 0. The van der Waals surface area contributed by atoms with Crippen LogP contribution >= 0.6 is 0 Å². The van der Waals surface area contributed by atoms with Crippen molar-refractivity contribution in [1.29, 1.82) is 0 Å². The fourth-order valence-electron chi connectivity index (χ4n) is 1.32. The minimum absolute atomic E-state index is 0.0847. The molecule has 1 aromatic rings. The Morgan fingerprint density at radius 1 is 1.44 bits per heavy atom. The Labute approximate surface area is 108 Å². The SMILES string of the molecule is CCNc1ccc([N+](=O)[O-])c(NCCS(C)=O)n1. The van der Waals surface area contributed by atoms with E-state index in [1.807, 2.05) is 6.92 Å². The van der Waals surface area contributed by atoms with Gasteiger partial charge in [0.25, 0.3) is 0 Å². The molecular formula is C10H16N4O3S. The second-order valence-corrected chi connectivity index (χ2v) is 5.11. The molecule has 0 saturated heterocycles. The van der Waals surface area contributed by atoms with Gasteiger partial charge < -0.3 is 10.6 Å². The molecule has 1 atom stereocenters. The quantitative estimate of drug-likeness (QED) is 0.572. The number of aromatic nitrogens is 1. The van der Waals surface area contributed by atoms with Gasteiger partial charge in [-0.1, -0.05) is 0 Å². The van der Waals surface area contributed by atoms with Gasteiger partial charge in [0.15, 0.2) is 0 Å². The molecule has 0 aliphatic heterocycles. The van der Waals surface area contributed by atoms with Gasteiger partial charge in [-0.2, -0.15) is 0 Å². The molecule has 0 fully saturated rings. The number of hydrogen-bond acceptors (Lipinski definition) is 6. The van der Waals surface area contributed by atoms with Crippen LogP contribution in [0.2, 0.25) is 0 Å². The van der Waals surface area contributed by atoms with Crippen LogP contribution < -0.4 is 10.6 Å². The van der Waals surface area contributed by atoms with E-state index in [-0.39, 0.29) is 11.5 Å². The Bertz CT molecular complexity index is 453. The zero-order valence-electron chi connectivity index (χ0n) is 10.3. The molecule has 1 heterocycles. The molecular weight excluding hydrogens is 256 g/mol. The van der Waals surface area contributed by atoms with E-state index in [1.165, 1.54) is 6.07 Å². The molecule has 1 aromatic heterocycles. The van der Waals surface area contributed by atoms with E-state index < -0.39 is 15.7 Å². The monoisotopic (exact) mass is 272 g/mol. The highest BCUT2D eigenvalue weighted by Crippen LogP contribution is 2.23. The summed E-state index contributed by atoms with van der Waals surface area (Å²) in [4.78, 5) is 14.5. The Morgan fingerprint density at radius 2 is 2.17 bits per heavy atom. The van der Waals surface area contributed by atoms with E-state index in [4.69, 9.17) is 0 Å². The van der Waals surface area contributed by atoms with Crippen molar-refractivity contribution in [3.8, 4) is 0 Å². The first-order valence-electron chi connectivity index (χ1n) is 5.47. The van der Waals surface area contributed by atoms with E-state index in [1.54, 1.807) is 12.3 Å². The summed E-state index contributed by atoms with van der Waals surface area (Å²) in [6, 6.07) is 2.96. The van der Waals surface area contributed by atoms with E-state index in [0.29, 0.717) is 24.7 Å². The summed E-state index contributed by atoms with van der Waals surface area (Å²) in [7, 11) is -0.941. The fourth-order valence-corrected chi connectivity index (χ4v) is 1.71. The molecule has 18 heavy (non-hydrogen) atoms. The molecule has 0 aliphatic rings. The third-order valence-electron chi connectivity index (χ3n) is 2.11. The third-order valence-corrected chi connectivity index (χ3v) is 2.89. The molecule has 100 valence electrons. The smallest absolute Gasteiger partial charge is 0.311 e. The lowest BCUT2D eigenvalue weighted by atomic mass is 10.3. The first-order chi connectivity index (χ1) is 8.54. The summed E-state index contributed by atoms with van der Waals surface area (Å²) in [6.45, 7) is 2.98. The number of pyridine rings is 1. The highest BCUT2D eigenvalue weighted by atomic mass is 32.2.